The first-order valence-corrected chi connectivity index (χ1v) is 5.71. The minimum absolute atomic E-state index is 0.144. The van der Waals surface area contributed by atoms with Gasteiger partial charge < -0.3 is 9.80 Å². The van der Waals surface area contributed by atoms with E-state index in [-0.39, 0.29) is 6.29 Å². The van der Waals surface area contributed by atoms with Gasteiger partial charge in [-0.05, 0) is 24.3 Å². The van der Waals surface area contributed by atoms with Crippen LogP contribution in [-0.2, 0) is 0 Å². The van der Waals surface area contributed by atoms with Crippen molar-refractivity contribution in [3.8, 4) is 0 Å². The molecule has 0 bridgehead atoms. The van der Waals surface area contributed by atoms with Crippen LogP contribution in [0.1, 0.15) is 0 Å². The highest BCUT2D eigenvalue weighted by atomic mass is 15.5. The standard InChI is InChI=1S/C14H15N3/c1-16-12-9-5-6-10-13(12)17(14(16)15)11-7-3-2-4-8-11/h2-10,14H,15H2,1H3. The maximum atomic E-state index is 6.26. The summed E-state index contributed by atoms with van der Waals surface area (Å²) in [5.74, 6) is 0. The van der Waals surface area contributed by atoms with E-state index in [4.69, 9.17) is 5.73 Å². The largest absolute Gasteiger partial charge is 0.340 e. The predicted molar refractivity (Wildman–Crippen MR) is 71.4 cm³/mol. The van der Waals surface area contributed by atoms with Crippen LogP contribution >= 0.6 is 0 Å². The van der Waals surface area contributed by atoms with Crippen LogP contribution in [0.15, 0.2) is 54.6 Å². The number of hydrogen-bond acceptors (Lipinski definition) is 3. The molecule has 0 fully saturated rings. The molecular formula is C14H15N3. The van der Waals surface area contributed by atoms with Crippen LogP contribution in [0.25, 0.3) is 0 Å². The first-order chi connectivity index (χ1) is 8.29. The molecule has 3 nitrogen and oxygen atoms in total. The molecule has 2 aromatic carbocycles. The van der Waals surface area contributed by atoms with E-state index < -0.39 is 0 Å². The molecule has 3 heteroatoms. The van der Waals surface area contributed by atoms with Crippen molar-refractivity contribution in [1.82, 2.24) is 0 Å². The zero-order valence-corrected chi connectivity index (χ0v) is 9.75. The van der Waals surface area contributed by atoms with Crippen molar-refractivity contribution in [3.63, 3.8) is 0 Å². The molecule has 0 spiro atoms. The number of rotatable bonds is 1. The zero-order valence-electron chi connectivity index (χ0n) is 9.75. The van der Waals surface area contributed by atoms with Crippen molar-refractivity contribution >= 4 is 17.1 Å². The molecular weight excluding hydrogens is 210 g/mol. The lowest BCUT2D eigenvalue weighted by Gasteiger charge is -2.27. The lowest BCUT2D eigenvalue weighted by atomic mass is 10.2. The van der Waals surface area contributed by atoms with Gasteiger partial charge in [-0.25, -0.2) is 0 Å². The minimum Gasteiger partial charge on any atom is -0.340 e. The average molecular weight is 225 g/mol. The number of para-hydroxylation sites is 3. The first-order valence-electron chi connectivity index (χ1n) is 5.71. The molecule has 1 heterocycles. The summed E-state index contributed by atoms with van der Waals surface area (Å²) in [7, 11) is 2.02. The summed E-state index contributed by atoms with van der Waals surface area (Å²) < 4.78 is 0. The van der Waals surface area contributed by atoms with Crippen LogP contribution in [0.2, 0.25) is 0 Å². The Bertz CT molecular complexity index is 524. The van der Waals surface area contributed by atoms with Crippen molar-refractivity contribution in [1.29, 1.82) is 0 Å². The molecule has 0 radical (unpaired) electrons. The van der Waals surface area contributed by atoms with E-state index in [2.05, 4.69) is 34.1 Å². The Morgan fingerprint density at radius 3 is 2.18 bits per heavy atom. The normalized spacial score (nSPS) is 18.4. The van der Waals surface area contributed by atoms with Crippen LogP contribution in [0.5, 0.6) is 0 Å². The van der Waals surface area contributed by atoms with Gasteiger partial charge in [0, 0.05) is 12.7 Å². The van der Waals surface area contributed by atoms with Crippen molar-refractivity contribution in [2.75, 3.05) is 16.8 Å². The first kappa shape index (κ1) is 10.2. The number of anilines is 3. The molecule has 0 aliphatic carbocycles. The van der Waals surface area contributed by atoms with Gasteiger partial charge in [-0.15, -0.1) is 0 Å². The van der Waals surface area contributed by atoms with E-state index in [1.165, 1.54) is 5.69 Å². The fraction of sp³-hybridized carbons (Fsp3) is 0.143. The summed E-state index contributed by atoms with van der Waals surface area (Å²) in [6.45, 7) is 0. The SMILES string of the molecule is CN1c2ccccc2N(c2ccccc2)C1N. The van der Waals surface area contributed by atoms with Crippen LogP contribution in [0.3, 0.4) is 0 Å². The fourth-order valence-corrected chi connectivity index (χ4v) is 2.30. The van der Waals surface area contributed by atoms with E-state index in [1.807, 2.05) is 37.4 Å². The highest BCUT2D eigenvalue weighted by molar-refractivity contribution is 5.83. The van der Waals surface area contributed by atoms with Crippen molar-refractivity contribution in [3.05, 3.63) is 54.6 Å². The third-order valence-corrected chi connectivity index (χ3v) is 3.22. The van der Waals surface area contributed by atoms with Gasteiger partial charge in [0.25, 0.3) is 0 Å². The van der Waals surface area contributed by atoms with Crippen LogP contribution in [-0.4, -0.2) is 13.3 Å². The van der Waals surface area contributed by atoms with Gasteiger partial charge in [0.05, 0.1) is 11.4 Å². The Balaban J connectivity index is 2.13. The Morgan fingerprint density at radius 1 is 0.882 bits per heavy atom. The lowest BCUT2D eigenvalue weighted by molar-refractivity contribution is 0.701. The molecule has 2 aromatic rings. The summed E-state index contributed by atoms with van der Waals surface area (Å²) in [6, 6.07) is 18.5. The molecule has 86 valence electrons. The van der Waals surface area contributed by atoms with E-state index in [0.29, 0.717) is 0 Å². The molecule has 17 heavy (non-hydrogen) atoms. The number of fused-ring (bicyclic) bond motifs is 1. The van der Waals surface area contributed by atoms with Crippen molar-refractivity contribution < 1.29 is 0 Å². The fourth-order valence-electron chi connectivity index (χ4n) is 2.30. The van der Waals surface area contributed by atoms with Crippen molar-refractivity contribution in [2.45, 2.75) is 6.29 Å². The van der Waals surface area contributed by atoms with Gasteiger partial charge >= 0.3 is 0 Å². The molecule has 1 atom stereocenters. The maximum absolute atomic E-state index is 6.26. The summed E-state index contributed by atoms with van der Waals surface area (Å²) in [5.41, 5.74) is 9.71. The molecule has 0 aromatic heterocycles. The van der Waals surface area contributed by atoms with E-state index >= 15 is 0 Å². The monoisotopic (exact) mass is 225 g/mol. The molecule has 1 aliphatic heterocycles. The third kappa shape index (κ3) is 1.47. The van der Waals surface area contributed by atoms with Gasteiger partial charge in [0.2, 0.25) is 0 Å². The summed E-state index contributed by atoms with van der Waals surface area (Å²) in [4.78, 5) is 4.23. The lowest BCUT2D eigenvalue weighted by Crippen LogP contribution is -2.46. The number of nitrogens with two attached hydrogens (primary N) is 1. The molecule has 2 N–H and O–H groups in total. The second kappa shape index (κ2) is 3.79. The van der Waals surface area contributed by atoms with E-state index in [1.54, 1.807) is 0 Å². The highest BCUT2D eigenvalue weighted by Gasteiger charge is 2.31. The molecule has 0 saturated heterocycles. The Hall–Kier alpha value is -2.00. The Morgan fingerprint density at radius 2 is 1.47 bits per heavy atom. The zero-order chi connectivity index (χ0) is 11.8. The van der Waals surface area contributed by atoms with Gasteiger partial charge in [-0.1, -0.05) is 30.3 Å². The summed E-state index contributed by atoms with van der Waals surface area (Å²) in [6.07, 6.45) is -0.144. The maximum Gasteiger partial charge on any atom is 0.159 e. The topological polar surface area (TPSA) is 32.5 Å². The van der Waals surface area contributed by atoms with Gasteiger partial charge in [-0.2, -0.15) is 0 Å². The number of benzene rings is 2. The quantitative estimate of drug-likeness (QED) is 0.809. The summed E-state index contributed by atoms with van der Waals surface area (Å²) >= 11 is 0. The van der Waals surface area contributed by atoms with Crippen LogP contribution in [0.4, 0.5) is 17.1 Å². The number of hydrogen-bond donors (Lipinski definition) is 1. The molecule has 1 unspecified atom stereocenters. The number of nitrogens with zero attached hydrogens (tertiary/aromatic N) is 2. The van der Waals surface area contributed by atoms with E-state index in [9.17, 15) is 0 Å². The second-order valence-corrected chi connectivity index (χ2v) is 4.22. The predicted octanol–water partition coefficient (Wildman–Crippen LogP) is 2.52. The second-order valence-electron chi connectivity index (χ2n) is 4.22. The summed E-state index contributed by atoms with van der Waals surface area (Å²) in [5, 5.41) is 0. The molecule has 0 saturated carbocycles. The van der Waals surface area contributed by atoms with Crippen molar-refractivity contribution in [2.24, 2.45) is 5.73 Å². The third-order valence-electron chi connectivity index (χ3n) is 3.22. The minimum atomic E-state index is -0.144. The highest BCUT2D eigenvalue weighted by Crippen LogP contribution is 2.41. The van der Waals surface area contributed by atoms with Gasteiger partial charge in [0.1, 0.15) is 0 Å². The Labute approximate surface area is 101 Å². The molecule has 0 amide bonds. The van der Waals surface area contributed by atoms with Gasteiger partial charge in [-0.3, -0.25) is 5.73 Å². The van der Waals surface area contributed by atoms with Crippen LogP contribution in [0, 0.1) is 0 Å². The van der Waals surface area contributed by atoms with E-state index in [0.717, 1.165) is 11.4 Å². The smallest absolute Gasteiger partial charge is 0.159 e. The average Bonchev–Trinajstić information content (AvgIpc) is 2.64. The molecule has 1 aliphatic rings. The van der Waals surface area contributed by atoms with Crippen LogP contribution < -0.4 is 15.5 Å². The van der Waals surface area contributed by atoms with Gasteiger partial charge in [0.15, 0.2) is 6.29 Å². The molecule has 3 rings (SSSR count). The Kier molecular flexibility index (Phi) is 2.27.